The van der Waals surface area contributed by atoms with E-state index in [1.165, 1.54) is 18.3 Å². The van der Waals surface area contributed by atoms with Gasteiger partial charge in [0.05, 0.1) is 11.3 Å². The average molecular weight is 247 g/mol. The number of H-pyrrole nitrogens is 1. The Hall–Kier alpha value is -2.37. The highest BCUT2D eigenvalue weighted by molar-refractivity contribution is 5.93. The number of aromatic nitrogens is 2. The fourth-order valence-corrected chi connectivity index (χ4v) is 1.58. The van der Waals surface area contributed by atoms with Gasteiger partial charge in [0.25, 0.3) is 5.91 Å². The fourth-order valence-electron chi connectivity index (χ4n) is 1.58. The molecule has 6 heteroatoms. The molecule has 2 N–H and O–H groups in total. The highest BCUT2D eigenvalue weighted by atomic mass is 16.5. The lowest BCUT2D eigenvalue weighted by atomic mass is 10.2. The Morgan fingerprint density at radius 1 is 1.44 bits per heavy atom. The normalized spacial score (nSPS) is 10.3. The number of nitrogens with one attached hydrogen (secondary N) is 2. The number of aryl methyl sites for hydroxylation is 2. The molecule has 0 aliphatic heterocycles. The Kier molecular flexibility index (Phi) is 3.27. The second-order valence-electron chi connectivity index (χ2n) is 3.93. The number of carbonyl (C=O) groups is 1. The molecule has 94 valence electrons. The minimum absolute atomic E-state index is 0.239. The lowest BCUT2D eigenvalue weighted by Crippen LogP contribution is -2.24. The number of nitrogens with zero attached hydrogens (tertiary/aromatic N) is 1. The van der Waals surface area contributed by atoms with Crippen molar-refractivity contribution in [3.8, 4) is 0 Å². The van der Waals surface area contributed by atoms with Gasteiger partial charge in [-0.05, 0) is 19.9 Å². The van der Waals surface area contributed by atoms with Crippen molar-refractivity contribution in [2.75, 3.05) is 0 Å². The quantitative estimate of drug-likeness (QED) is 0.843. The third-order valence-electron chi connectivity index (χ3n) is 2.65. The number of pyridine rings is 1. The SMILES string of the molecule is Cc1noc(C)c1CNC(=O)c1ccc(=O)[nH]c1. The van der Waals surface area contributed by atoms with Gasteiger partial charge in [0, 0.05) is 24.4 Å². The molecule has 0 aromatic carbocycles. The first kappa shape index (κ1) is 12.1. The van der Waals surface area contributed by atoms with E-state index in [0.717, 1.165) is 11.3 Å². The van der Waals surface area contributed by atoms with Crippen LogP contribution < -0.4 is 10.9 Å². The van der Waals surface area contributed by atoms with E-state index in [2.05, 4.69) is 15.5 Å². The molecule has 1 amide bonds. The smallest absolute Gasteiger partial charge is 0.253 e. The molecule has 2 aromatic heterocycles. The summed E-state index contributed by atoms with van der Waals surface area (Å²) in [5.74, 6) is 0.431. The van der Waals surface area contributed by atoms with Crippen LogP contribution in [0.3, 0.4) is 0 Å². The molecule has 0 radical (unpaired) electrons. The van der Waals surface area contributed by atoms with E-state index < -0.39 is 0 Å². The zero-order valence-electron chi connectivity index (χ0n) is 10.1. The summed E-state index contributed by atoms with van der Waals surface area (Å²) in [6.07, 6.45) is 1.38. The Morgan fingerprint density at radius 3 is 2.78 bits per heavy atom. The van der Waals surface area contributed by atoms with Crippen molar-refractivity contribution in [3.05, 3.63) is 51.3 Å². The Labute approximate surface area is 103 Å². The van der Waals surface area contributed by atoms with Crippen LogP contribution in [0.2, 0.25) is 0 Å². The average Bonchev–Trinajstić information content (AvgIpc) is 2.67. The maximum absolute atomic E-state index is 11.8. The molecule has 0 aliphatic rings. The third-order valence-corrected chi connectivity index (χ3v) is 2.65. The van der Waals surface area contributed by atoms with Crippen molar-refractivity contribution in [1.29, 1.82) is 0 Å². The highest BCUT2D eigenvalue weighted by Crippen LogP contribution is 2.11. The minimum Gasteiger partial charge on any atom is -0.361 e. The molecule has 0 aliphatic carbocycles. The molecule has 6 nitrogen and oxygen atoms in total. The van der Waals surface area contributed by atoms with Crippen LogP contribution in [0.4, 0.5) is 0 Å². The van der Waals surface area contributed by atoms with Gasteiger partial charge >= 0.3 is 0 Å². The van der Waals surface area contributed by atoms with Gasteiger partial charge in [0.1, 0.15) is 5.76 Å². The maximum Gasteiger partial charge on any atom is 0.253 e. The van der Waals surface area contributed by atoms with Crippen molar-refractivity contribution in [2.24, 2.45) is 0 Å². The predicted molar refractivity (Wildman–Crippen MR) is 64.2 cm³/mol. The zero-order chi connectivity index (χ0) is 13.1. The van der Waals surface area contributed by atoms with Crippen LogP contribution in [0.25, 0.3) is 0 Å². The first-order valence-electron chi connectivity index (χ1n) is 5.46. The van der Waals surface area contributed by atoms with E-state index in [1.807, 2.05) is 6.92 Å². The summed E-state index contributed by atoms with van der Waals surface area (Å²) in [5, 5.41) is 6.55. The largest absolute Gasteiger partial charge is 0.361 e. The monoisotopic (exact) mass is 247 g/mol. The van der Waals surface area contributed by atoms with E-state index in [1.54, 1.807) is 6.92 Å². The Balaban J connectivity index is 2.05. The van der Waals surface area contributed by atoms with Crippen molar-refractivity contribution in [3.63, 3.8) is 0 Å². The third kappa shape index (κ3) is 2.48. The molecule has 0 bridgehead atoms. The Bertz CT molecular complexity index is 588. The summed E-state index contributed by atoms with van der Waals surface area (Å²) >= 11 is 0. The van der Waals surface area contributed by atoms with Crippen LogP contribution in [0.5, 0.6) is 0 Å². The molecule has 0 saturated heterocycles. The minimum atomic E-state index is -0.258. The number of hydrogen-bond donors (Lipinski definition) is 2. The maximum atomic E-state index is 11.8. The Morgan fingerprint density at radius 2 is 2.22 bits per heavy atom. The van der Waals surface area contributed by atoms with Crippen molar-refractivity contribution >= 4 is 5.91 Å². The van der Waals surface area contributed by atoms with Crippen molar-refractivity contribution < 1.29 is 9.32 Å². The second kappa shape index (κ2) is 4.87. The molecule has 0 atom stereocenters. The van der Waals surface area contributed by atoms with Gasteiger partial charge in [-0.1, -0.05) is 5.16 Å². The van der Waals surface area contributed by atoms with E-state index in [4.69, 9.17) is 4.52 Å². The number of rotatable bonds is 3. The number of carbonyl (C=O) groups excluding carboxylic acids is 1. The van der Waals surface area contributed by atoms with E-state index >= 15 is 0 Å². The van der Waals surface area contributed by atoms with Crippen molar-refractivity contribution in [2.45, 2.75) is 20.4 Å². The summed E-state index contributed by atoms with van der Waals surface area (Å²) in [6.45, 7) is 3.96. The molecule has 0 unspecified atom stereocenters. The molecule has 2 rings (SSSR count). The van der Waals surface area contributed by atoms with Gasteiger partial charge in [-0.25, -0.2) is 0 Å². The molecular weight excluding hydrogens is 234 g/mol. The van der Waals surface area contributed by atoms with Crippen LogP contribution in [-0.4, -0.2) is 16.0 Å². The van der Waals surface area contributed by atoms with E-state index in [9.17, 15) is 9.59 Å². The van der Waals surface area contributed by atoms with Gasteiger partial charge in [-0.2, -0.15) is 0 Å². The van der Waals surface area contributed by atoms with Crippen LogP contribution >= 0.6 is 0 Å². The van der Waals surface area contributed by atoms with E-state index in [-0.39, 0.29) is 11.5 Å². The predicted octanol–water partition coefficient (Wildman–Crippen LogP) is 0.910. The molecule has 0 spiro atoms. The lowest BCUT2D eigenvalue weighted by molar-refractivity contribution is 0.0950. The van der Waals surface area contributed by atoms with Gasteiger partial charge in [-0.3, -0.25) is 9.59 Å². The van der Waals surface area contributed by atoms with Crippen LogP contribution in [0.1, 0.15) is 27.4 Å². The van der Waals surface area contributed by atoms with Gasteiger partial charge in [0.2, 0.25) is 5.56 Å². The van der Waals surface area contributed by atoms with E-state index in [0.29, 0.717) is 17.9 Å². The molecular formula is C12H13N3O3. The fraction of sp³-hybridized carbons (Fsp3) is 0.250. The first-order chi connectivity index (χ1) is 8.58. The first-order valence-corrected chi connectivity index (χ1v) is 5.46. The summed E-state index contributed by atoms with van der Waals surface area (Å²) in [5.41, 5.74) is 1.79. The van der Waals surface area contributed by atoms with Crippen LogP contribution in [0, 0.1) is 13.8 Å². The van der Waals surface area contributed by atoms with Crippen LogP contribution in [0.15, 0.2) is 27.6 Å². The topological polar surface area (TPSA) is 88.0 Å². The zero-order valence-corrected chi connectivity index (χ0v) is 10.1. The summed E-state index contributed by atoms with van der Waals surface area (Å²) in [4.78, 5) is 25.1. The molecule has 2 heterocycles. The molecule has 2 aromatic rings. The number of aromatic amines is 1. The second-order valence-corrected chi connectivity index (χ2v) is 3.93. The standard InChI is InChI=1S/C12H13N3O3/c1-7-10(8(2)18-15-7)6-14-12(17)9-3-4-11(16)13-5-9/h3-5H,6H2,1-2H3,(H,13,16)(H,14,17). The molecule has 0 saturated carbocycles. The number of amides is 1. The van der Waals surface area contributed by atoms with Crippen molar-refractivity contribution in [1.82, 2.24) is 15.5 Å². The van der Waals surface area contributed by atoms with Gasteiger partial charge in [-0.15, -0.1) is 0 Å². The van der Waals surface area contributed by atoms with Gasteiger partial charge < -0.3 is 14.8 Å². The number of hydrogen-bond acceptors (Lipinski definition) is 4. The lowest BCUT2D eigenvalue weighted by Gasteiger charge is -2.04. The highest BCUT2D eigenvalue weighted by Gasteiger charge is 2.11. The summed E-state index contributed by atoms with van der Waals surface area (Å²) < 4.78 is 5.00. The summed E-state index contributed by atoms with van der Waals surface area (Å²) in [7, 11) is 0. The molecule has 18 heavy (non-hydrogen) atoms. The van der Waals surface area contributed by atoms with Gasteiger partial charge in [0.15, 0.2) is 0 Å². The van der Waals surface area contributed by atoms with Crippen LogP contribution in [-0.2, 0) is 6.54 Å². The summed E-state index contributed by atoms with van der Waals surface area (Å²) in [6, 6.07) is 2.78. The molecule has 0 fully saturated rings.